The van der Waals surface area contributed by atoms with Gasteiger partial charge in [-0.05, 0) is 24.3 Å². The topological polar surface area (TPSA) is 66.0 Å². The number of hydrogen-bond donors (Lipinski definition) is 1. The molecule has 1 aromatic carbocycles. The van der Waals surface area contributed by atoms with E-state index in [9.17, 15) is 0 Å². The third kappa shape index (κ3) is 2.21. The third-order valence-electron chi connectivity index (χ3n) is 3.05. The fourth-order valence-corrected chi connectivity index (χ4v) is 2.08. The number of rotatable bonds is 3. The Kier molecular flexibility index (Phi) is 3.09. The molecule has 5 heteroatoms. The van der Waals surface area contributed by atoms with Crippen LogP contribution in [-0.4, -0.2) is 21.6 Å². The zero-order chi connectivity index (χ0) is 13.9. The fraction of sp³-hybridized carbons (Fsp3) is 0.0667. The summed E-state index contributed by atoms with van der Waals surface area (Å²) in [6.07, 6.45) is 5.25. The Bertz CT molecular complexity index is 736. The van der Waals surface area contributed by atoms with Gasteiger partial charge in [0.1, 0.15) is 11.6 Å². The lowest BCUT2D eigenvalue weighted by Crippen LogP contribution is -1.97. The summed E-state index contributed by atoms with van der Waals surface area (Å²) in [5.74, 6) is 1.29. The molecule has 0 saturated carbocycles. The van der Waals surface area contributed by atoms with E-state index < -0.39 is 0 Å². The van der Waals surface area contributed by atoms with Crippen LogP contribution in [0.25, 0.3) is 16.9 Å². The Morgan fingerprint density at radius 1 is 1.20 bits per heavy atom. The molecule has 0 spiro atoms. The molecule has 0 unspecified atom stereocenters. The number of imidazole rings is 1. The summed E-state index contributed by atoms with van der Waals surface area (Å²) in [4.78, 5) is 8.23. The fourth-order valence-electron chi connectivity index (χ4n) is 2.08. The molecular formula is C15H14N4O. The second kappa shape index (κ2) is 5.05. The van der Waals surface area contributed by atoms with Gasteiger partial charge < -0.3 is 10.5 Å². The Hall–Kier alpha value is -2.82. The van der Waals surface area contributed by atoms with E-state index >= 15 is 0 Å². The van der Waals surface area contributed by atoms with Crippen LogP contribution in [0.3, 0.4) is 0 Å². The van der Waals surface area contributed by atoms with Crippen LogP contribution in [0.4, 0.5) is 5.82 Å². The summed E-state index contributed by atoms with van der Waals surface area (Å²) in [5, 5.41) is 0. The van der Waals surface area contributed by atoms with Crippen LogP contribution in [0.5, 0.6) is 5.75 Å². The van der Waals surface area contributed by atoms with Crippen molar-refractivity contribution in [3.63, 3.8) is 0 Å². The highest BCUT2D eigenvalue weighted by Crippen LogP contribution is 2.25. The number of ether oxygens (including phenoxy) is 1. The van der Waals surface area contributed by atoms with Gasteiger partial charge in [-0.15, -0.1) is 0 Å². The van der Waals surface area contributed by atoms with E-state index in [1.807, 2.05) is 41.0 Å². The van der Waals surface area contributed by atoms with Crippen LogP contribution < -0.4 is 10.5 Å². The van der Waals surface area contributed by atoms with Crippen molar-refractivity contribution in [2.75, 3.05) is 12.8 Å². The lowest BCUT2D eigenvalue weighted by molar-refractivity contribution is 0.414. The van der Waals surface area contributed by atoms with Crippen molar-refractivity contribution in [3.8, 4) is 22.7 Å². The molecule has 100 valence electrons. The van der Waals surface area contributed by atoms with Gasteiger partial charge >= 0.3 is 0 Å². The van der Waals surface area contributed by atoms with E-state index in [1.54, 1.807) is 25.8 Å². The van der Waals surface area contributed by atoms with Crippen LogP contribution in [0, 0.1) is 0 Å². The second-order valence-electron chi connectivity index (χ2n) is 4.32. The highest BCUT2D eigenvalue weighted by atomic mass is 16.5. The lowest BCUT2D eigenvalue weighted by Gasteiger charge is -2.10. The van der Waals surface area contributed by atoms with Gasteiger partial charge in [0.25, 0.3) is 0 Å². The van der Waals surface area contributed by atoms with Crippen molar-refractivity contribution in [1.82, 2.24) is 14.5 Å². The molecule has 0 aliphatic carbocycles. The van der Waals surface area contributed by atoms with Crippen molar-refractivity contribution >= 4 is 5.82 Å². The van der Waals surface area contributed by atoms with Crippen LogP contribution in [0.1, 0.15) is 0 Å². The number of aromatic nitrogens is 3. The molecule has 0 fully saturated rings. The molecule has 0 saturated heterocycles. The van der Waals surface area contributed by atoms with Gasteiger partial charge in [0.15, 0.2) is 0 Å². The predicted octanol–water partition coefficient (Wildman–Crippen LogP) is 2.53. The maximum Gasteiger partial charge on any atom is 0.123 e. The number of methoxy groups -OCH3 is 1. The molecule has 20 heavy (non-hydrogen) atoms. The number of hydrogen-bond acceptors (Lipinski definition) is 4. The van der Waals surface area contributed by atoms with Crippen LogP contribution >= 0.6 is 0 Å². The second-order valence-corrected chi connectivity index (χ2v) is 4.32. The summed E-state index contributed by atoms with van der Waals surface area (Å²) in [5.41, 5.74) is 8.64. The van der Waals surface area contributed by atoms with E-state index in [-0.39, 0.29) is 0 Å². The average molecular weight is 266 g/mol. The molecule has 5 nitrogen and oxygen atoms in total. The number of nitrogens with zero attached hydrogens (tertiary/aromatic N) is 3. The largest absolute Gasteiger partial charge is 0.497 e. The summed E-state index contributed by atoms with van der Waals surface area (Å²) >= 11 is 0. The molecule has 2 aromatic heterocycles. The van der Waals surface area contributed by atoms with E-state index in [2.05, 4.69) is 9.97 Å². The summed E-state index contributed by atoms with van der Waals surface area (Å²) in [6, 6.07) is 11.5. The summed E-state index contributed by atoms with van der Waals surface area (Å²) in [6.45, 7) is 0. The minimum absolute atomic E-state index is 0.487. The van der Waals surface area contributed by atoms with Crippen LogP contribution in [0.2, 0.25) is 0 Å². The first kappa shape index (κ1) is 12.2. The van der Waals surface area contributed by atoms with E-state index in [4.69, 9.17) is 10.5 Å². The minimum Gasteiger partial charge on any atom is -0.497 e. The van der Waals surface area contributed by atoms with Gasteiger partial charge in [0, 0.05) is 17.8 Å². The van der Waals surface area contributed by atoms with Crippen molar-refractivity contribution in [2.24, 2.45) is 0 Å². The first-order chi connectivity index (χ1) is 9.78. The molecule has 2 heterocycles. The first-order valence-electron chi connectivity index (χ1n) is 6.16. The molecule has 2 N–H and O–H groups in total. The van der Waals surface area contributed by atoms with Gasteiger partial charge in [-0.25, -0.2) is 9.97 Å². The molecule has 0 atom stereocenters. The molecule has 0 aliphatic rings. The van der Waals surface area contributed by atoms with Gasteiger partial charge in [0.2, 0.25) is 0 Å². The number of nitrogens with two attached hydrogens (primary N) is 1. The molecular weight excluding hydrogens is 252 g/mol. The Morgan fingerprint density at radius 2 is 2.10 bits per heavy atom. The third-order valence-corrected chi connectivity index (χ3v) is 3.05. The average Bonchev–Trinajstić information content (AvgIpc) is 2.97. The van der Waals surface area contributed by atoms with Crippen LogP contribution in [0.15, 0.2) is 55.1 Å². The predicted molar refractivity (Wildman–Crippen MR) is 77.8 cm³/mol. The highest BCUT2D eigenvalue weighted by molar-refractivity contribution is 5.64. The van der Waals surface area contributed by atoms with Crippen molar-refractivity contribution < 1.29 is 4.74 Å². The first-order valence-corrected chi connectivity index (χ1v) is 6.16. The quantitative estimate of drug-likeness (QED) is 0.791. The zero-order valence-electron chi connectivity index (χ0n) is 11.0. The molecule has 0 bridgehead atoms. The van der Waals surface area contributed by atoms with Gasteiger partial charge in [-0.2, -0.15) is 0 Å². The maximum atomic E-state index is 5.74. The summed E-state index contributed by atoms with van der Waals surface area (Å²) < 4.78 is 7.24. The smallest absolute Gasteiger partial charge is 0.123 e. The molecule has 3 rings (SSSR count). The standard InChI is InChI=1S/C15H14N4O/c1-20-13-4-2-3-12(8-13)19-10-17-9-14(19)11-5-6-18-15(16)7-11/h2-10H,1H3,(H2,16,18). The lowest BCUT2D eigenvalue weighted by atomic mass is 10.2. The van der Waals surface area contributed by atoms with Crippen molar-refractivity contribution in [3.05, 3.63) is 55.1 Å². The van der Waals surface area contributed by atoms with Gasteiger partial charge in [0.05, 0.1) is 31.0 Å². The minimum atomic E-state index is 0.487. The molecule has 0 radical (unpaired) electrons. The van der Waals surface area contributed by atoms with Gasteiger partial charge in [-0.3, -0.25) is 4.57 Å². The number of pyridine rings is 1. The van der Waals surface area contributed by atoms with E-state index in [1.165, 1.54) is 0 Å². The van der Waals surface area contributed by atoms with Crippen molar-refractivity contribution in [1.29, 1.82) is 0 Å². The Balaban J connectivity index is 2.10. The maximum absolute atomic E-state index is 5.74. The van der Waals surface area contributed by atoms with Gasteiger partial charge in [-0.1, -0.05) is 6.07 Å². The number of benzene rings is 1. The normalized spacial score (nSPS) is 10.4. The monoisotopic (exact) mass is 266 g/mol. The number of nitrogen functional groups attached to an aromatic ring is 1. The molecule has 3 aromatic rings. The van der Waals surface area contributed by atoms with E-state index in [0.717, 1.165) is 22.7 Å². The zero-order valence-corrected chi connectivity index (χ0v) is 11.0. The molecule has 0 aliphatic heterocycles. The highest BCUT2D eigenvalue weighted by Gasteiger charge is 2.08. The Labute approximate surface area is 116 Å². The number of anilines is 1. The van der Waals surface area contributed by atoms with Crippen molar-refractivity contribution in [2.45, 2.75) is 0 Å². The van der Waals surface area contributed by atoms with E-state index in [0.29, 0.717) is 5.82 Å². The molecule has 0 amide bonds. The Morgan fingerprint density at radius 3 is 2.90 bits per heavy atom. The SMILES string of the molecule is COc1cccc(-n2cncc2-c2ccnc(N)c2)c1. The summed E-state index contributed by atoms with van der Waals surface area (Å²) in [7, 11) is 1.65. The van der Waals surface area contributed by atoms with Crippen LogP contribution in [-0.2, 0) is 0 Å².